The Balaban J connectivity index is 1.15. The number of esters is 1. The third kappa shape index (κ3) is 4.96. The van der Waals surface area contributed by atoms with E-state index in [1.54, 1.807) is 18.2 Å². The first-order valence-corrected chi connectivity index (χ1v) is 15.4. The number of phenolic OH excluding ortho intramolecular Hbond substituents is 1. The number of carbonyl (C=O) groups excluding carboxylic acids is 1. The average molecular weight is 651 g/mol. The summed E-state index contributed by atoms with van der Waals surface area (Å²) in [5.41, 5.74) is 2.77. The van der Waals surface area contributed by atoms with Crippen LogP contribution in [0.4, 0.5) is 0 Å². The number of aliphatic hydroxyl groups is 2. The van der Waals surface area contributed by atoms with Gasteiger partial charge in [-0.1, -0.05) is 30.3 Å². The predicted octanol–water partition coefficient (Wildman–Crippen LogP) is 2.69. The van der Waals surface area contributed by atoms with Crippen molar-refractivity contribution in [3.63, 3.8) is 0 Å². The number of carbonyl (C=O) groups is 1. The fourth-order valence-corrected chi connectivity index (χ4v) is 7.39. The van der Waals surface area contributed by atoms with E-state index in [1.807, 2.05) is 36.4 Å². The summed E-state index contributed by atoms with van der Waals surface area (Å²) in [6, 6.07) is 16.2. The Morgan fingerprint density at radius 3 is 2.21 bits per heavy atom. The van der Waals surface area contributed by atoms with Crippen molar-refractivity contribution in [2.24, 2.45) is 11.8 Å². The van der Waals surface area contributed by atoms with Gasteiger partial charge in [-0.25, -0.2) is 0 Å². The first-order chi connectivity index (χ1) is 22.9. The Bertz CT molecular complexity index is 1640. The number of aliphatic hydroxyl groups excluding tert-OH is 2. The monoisotopic (exact) mass is 650 g/mol. The van der Waals surface area contributed by atoms with Gasteiger partial charge in [0.1, 0.15) is 24.4 Å². The molecule has 4 heterocycles. The summed E-state index contributed by atoms with van der Waals surface area (Å²) in [6.07, 6.45) is -7.29. The third-order valence-corrected chi connectivity index (χ3v) is 9.67. The average Bonchev–Trinajstić information content (AvgIpc) is 3.72. The number of ether oxygens (including phenoxy) is 9. The molecule has 13 nitrogen and oxygen atoms in total. The van der Waals surface area contributed by atoms with Crippen LogP contribution in [0.2, 0.25) is 0 Å². The van der Waals surface area contributed by atoms with Gasteiger partial charge < -0.3 is 58.0 Å². The summed E-state index contributed by atoms with van der Waals surface area (Å²) >= 11 is 0. The molecule has 0 radical (unpaired) electrons. The molecule has 8 rings (SSSR count). The summed E-state index contributed by atoms with van der Waals surface area (Å²) < 4.78 is 52.7. The maximum Gasteiger partial charge on any atom is 0.310 e. The Kier molecular flexibility index (Phi) is 7.62. The van der Waals surface area contributed by atoms with Gasteiger partial charge >= 0.3 is 5.97 Å². The lowest BCUT2D eigenvalue weighted by atomic mass is 9.66. The second-order valence-corrected chi connectivity index (χ2v) is 12.2. The van der Waals surface area contributed by atoms with Crippen LogP contribution in [0.3, 0.4) is 0 Å². The quantitative estimate of drug-likeness (QED) is 0.335. The van der Waals surface area contributed by atoms with Crippen molar-refractivity contribution in [2.45, 2.75) is 49.0 Å². The number of cyclic esters (lactones) is 1. The van der Waals surface area contributed by atoms with Gasteiger partial charge in [0.25, 0.3) is 0 Å². The van der Waals surface area contributed by atoms with Crippen LogP contribution >= 0.6 is 0 Å². The number of benzene rings is 3. The van der Waals surface area contributed by atoms with Crippen LogP contribution < -0.4 is 18.9 Å². The molecule has 0 spiro atoms. The highest BCUT2D eigenvalue weighted by Crippen LogP contribution is 2.57. The van der Waals surface area contributed by atoms with Crippen molar-refractivity contribution >= 4 is 5.97 Å². The molecule has 0 amide bonds. The van der Waals surface area contributed by atoms with E-state index >= 15 is 0 Å². The topological polar surface area (TPSA) is 161 Å². The minimum absolute atomic E-state index is 0.0217. The molecule has 1 unspecified atom stereocenters. The van der Waals surface area contributed by atoms with Gasteiger partial charge in [0.15, 0.2) is 35.6 Å². The second-order valence-electron chi connectivity index (χ2n) is 12.2. The molecule has 3 aromatic carbocycles. The highest BCUT2D eigenvalue weighted by Gasteiger charge is 2.56. The Hall–Kier alpha value is -4.11. The predicted molar refractivity (Wildman–Crippen MR) is 158 cm³/mol. The number of hydrogen-bond donors (Lipinski definition) is 3. The minimum Gasteiger partial charge on any atom is -0.502 e. The lowest BCUT2D eigenvalue weighted by Crippen LogP contribution is -2.62. The molecule has 5 aliphatic rings. The molecule has 3 saturated heterocycles. The summed E-state index contributed by atoms with van der Waals surface area (Å²) in [7, 11) is 2.86. The van der Waals surface area contributed by atoms with Gasteiger partial charge in [-0.15, -0.1) is 0 Å². The number of fused-ring (bicyclic) bond motifs is 4. The normalized spacial score (nSPS) is 33.7. The molecule has 10 atom stereocenters. The highest BCUT2D eigenvalue weighted by atomic mass is 16.8. The zero-order valence-electron chi connectivity index (χ0n) is 25.5. The zero-order valence-corrected chi connectivity index (χ0v) is 25.5. The van der Waals surface area contributed by atoms with Crippen molar-refractivity contribution < 1.29 is 62.7 Å². The summed E-state index contributed by atoms with van der Waals surface area (Å²) in [4.78, 5) is 13.5. The lowest BCUT2D eigenvalue weighted by molar-refractivity contribution is -0.369. The first-order valence-electron chi connectivity index (χ1n) is 15.4. The number of aromatic hydroxyl groups is 1. The van der Waals surface area contributed by atoms with E-state index in [1.165, 1.54) is 14.2 Å². The van der Waals surface area contributed by atoms with Crippen LogP contribution in [0, 0.1) is 11.8 Å². The number of rotatable bonds is 6. The van der Waals surface area contributed by atoms with Crippen molar-refractivity contribution in [3.8, 4) is 28.7 Å². The molecule has 0 saturated carbocycles. The molecule has 3 aromatic rings. The Labute approximate surface area is 269 Å². The van der Waals surface area contributed by atoms with Gasteiger partial charge in [0.2, 0.25) is 12.5 Å². The molecule has 47 heavy (non-hydrogen) atoms. The first kappa shape index (κ1) is 30.2. The largest absolute Gasteiger partial charge is 0.502 e. The summed E-state index contributed by atoms with van der Waals surface area (Å²) in [5, 5.41) is 33.2. The Morgan fingerprint density at radius 2 is 1.51 bits per heavy atom. The minimum atomic E-state index is -1.48. The summed E-state index contributed by atoms with van der Waals surface area (Å²) in [6.45, 7) is 0.148. The van der Waals surface area contributed by atoms with Crippen LogP contribution in [0.5, 0.6) is 28.7 Å². The summed E-state index contributed by atoms with van der Waals surface area (Å²) in [5.74, 6) is -1.11. The SMILES string of the molecule is COc1cc([C@@H]2c3cc4c(cc3[C@@H](O[C@@H]3O[C@@H]5COC(c6ccccc6)O[C@H]5[C@H](O)[C@H]3O)[C@H]3COC(=O)[C@H]23)OCO4)cc(OC)c1O. The van der Waals surface area contributed by atoms with Gasteiger partial charge in [-0.3, -0.25) is 4.79 Å². The maximum atomic E-state index is 13.5. The van der Waals surface area contributed by atoms with Gasteiger partial charge in [0, 0.05) is 17.4 Å². The fourth-order valence-electron chi connectivity index (χ4n) is 7.39. The van der Waals surface area contributed by atoms with Crippen LogP contribution in [-0.4, -0.2) is 86.2 Å². The molecule has 3 fully saturated rings. The number of hydrogen-bond acceptors (Lipinski definition) is 13. The van der Waals surface area contributed by atoms with Crippen molar-refractivity contribution in [1.82, 2.24) is 0 Å². The van der Waals surface area contributed by atoms with E-state index in [0.717, 1.165) is 5.56 Å². The lowest BCUT2D eigenvalue weighted by Gasteiger charge is -2.48. The van der Waals surface area contributed by atoms with E-state index in [9.17, 15) is 20.1 Å². The molecule has 0 bridgehead atoms. The molecule has 248 valence electrons. The van der Waals surface area contributed by atoms with E-state index in [0.29, 0.717) is 28.2 Å². The highest BCUT2D eigenvalue weighted by molar-refractivity contribution is 5.79. The van der Waals surface area contributed by atoms with E-state index in [2.05, 4.69) is 0 Å². The molecule has 1 aliphatic carbocycles. The van der Waals surface area contributed by atoms with Crippen LogP contribution in [0.1, 0.15) is 40.6 Å². The van der Waals surface area contributed by atoms with Gasteiger partial charge in [0.05, 0.1) is 39.5 Å². The van der Waals surface area contributed by atoms with Gasteiger partial charge in [-0.2, -0.15) is 0 Å². The number of phenols is 1. The van der Waals surface area contributed by atoms with Crippen LogP contribution in [-0.2, 0) is 28.5 Å². The molecule has 13 heteroatoms. The van der Waals surface area contributed by atoms with Gasteiger partial charge in [-0.05, 0) is 41.0 Å². The van der Waals surface area contributed by atoms with Crippen molar-refractivity contribution in [3.05, 3.63) is 76.9 Å². The maximum absolute atomic E-state index is 13.5. The van der Waals surface area contributed by atoms with Crippen LogP contribution in [0.25, 0.3) is 0 Å². The second kappa shape index (κ2) is 11.8. The molecular weight excluding hydrogens is 616 g/mol. The van der Waals surface area contributed by atoms with E-state index in [4.69, 9.17) is 42.6 Å². The molecular formula is C34H34O13. The van der Waals surface area contributed by atoms with Crippen molar-refractivity contribution in [1.29, 1.82) is 0 Å². The van der Waals surface area contributed by atoms with Crippen molar-refractivity contribution in [2.75, 3.05) is 34.2 Å². The third-order valence-electron chi connectivity index (χ3n) is 9.67. The Morgan fingerprint density at radius 1 is 0.809 bits per heavy atom. The number of methoxy groups -OCH3 is 2. The van der Waals surface area contributed by atoms with E-state index in [-0.39, 0.29) is 37.3 Å². The fraction of sp³-hybridized carbons (Fsp3) is 0.441. The standard InChI is InChI=1S/C34H34O13/c1-39-22-8-16(9-23(40-2)27(22)35)25-17-10-20-21(44-14-43-20)11-18(17)30(19-12-41-32(38)26(19)25)46-34-29(37)28(36)31-24(45-34)13-42-33(47-31)15-6-4-3-5-7-15/h3-11,19,24-26,28-31,33-37H,12-14H2,1-2H3/t19-,24+,25+,26-,28+,29+,30+,31+,33?,34-/m0/s1. The van der Waals surface area contributed by atoms with Crippen LogP contribution in [0.15, 0.2) is 54.6 Å². The van der Waals surface area contributed by atoms with E-state index < -0.39 is 66.8 Å². The zero-order chi connectivity index (χ0) is 32.4. The molecule has 0 aromatic heterocycles. The smallest absolute Gasteiger partial charge is 0.310 e. The molecule has 3 N–H and O–H groups in total. The molecule has 4 aliphatic heterocycles.